The summed E-state index contributed by atoms with van der Waals surface area (Å²) in [4.78, 5) is 16.8. The average molecular weight is 608 g/mol. The maximum atomic E-state index is 12.6. The van der Waals surface area contributed by atoms with Gasteiger partial charge in [-0.2, -0.15) is 0 Å². The lowest BCUT2D eigenvalue weighted by molar-refractivity contribution is -0.145. The quantitative estimate of drug-likeness (QED) is 0.0324. The van der Waals surface area contributed by atoms with Crippen molar-refractivity contribution in [1.29, 1.82) is 0 Å². The first kappa shape index (κ1) is 41.7. The molecule has 5 heteroatoms. The number of esters is 1. The summed E-state index contributed by atoms with van der Waals surface area (Å²) in [6, 6.07) is -0.548. The van der Waals surface area contributed by atoms with E-state index in [1.54, 1.807) is 0 Å². The highest BCUT2D eigenvalue weighted by molar-refractivity contribution is 5.82. The maximum absolute atomic E-state index is 12.6. The molecule has 0 heterocycles. The van der Waals surface area contributed by atoms with Crippen molar-refractivity contribution in [2.45, 2.75) is 225 Å². The molecule has 0 rings (SSSR count). The lowest BCUT2D eigenvalue weighted by Crippen LogP contribution is -2.30. The van der Waals surface area contributed by atoms with E-state index in [1.807, 2.05) is 0 Å². The second-order valence-corrected chi connectivity index (χ2v) is 13.3. The Labute approximate surface area is 269 Å². The molecule has 4 N–H and O–H groups in total. The van der Waals surface area contributed by atoms with Gasteiger partial charge in [0.1, 0.15) is 0 Å². The number of unbranched alkanes of at least 4 members (excludes halogenated alkanes) is 29. The maximum Gasteiger partial charge on any atom is 0.331 e. The molecule has 0 saturated heterocycles. The summed E-state index contributed by atoms with van der Waals surface area (Å²) in [5, 5.41) is 0. The van der Waals surface area contributed by atoms with Gasteiger partial charge in [0.2, 0.25) is 0 Å². The number of carbonyl (C=O) groups is 1. The number of nitrogens with two attached hydrogens (primary N) is 2. The molecule has 43 heavy (non-hydrogen) atoms. The summed E-state index contributed by atoms with van der Waals surface area (Å²) in [5.74, 6) is -0.287. The molecule has 0 aromatic heterocycles. The highest BCUT2D eigenvalue weighted by atomic mass is 16.5. The van der Waals surface area contributed by atoms with Crippen molar-refractivity contribution in [1.82, 2.24) is 0 Å². The van der Waals surface area contributed by atoms with E-state index in [-0.39, 0.29) is 11.9 Å². The number of guanidine groups is 1. The molecule has 0 saturated carbocycles. The largest absolute Gasteiger partial charge is 0.464 e. The molecule has 0 aromatic carbocycles. The van der Waals surface area contributed by atoms with Gasteiger partial charge in [0.15, 0.2) is 12.0 Å². The normalized spacial score (nSPS) is 12.0. The monoisotopic (exact) mass is 608 g/mol. The van der Waals surface area contributed by atoms with Crippen LogP contribution in [0.4, 0.5) is 0 Å². The number of rotatable bonds is 35. The Kier molecular flexibility index (Phi) is 34.2. The van der Waals surface area contributed by atoms with E-state index < -0.39 is 6.04 Å². The number of hydrogen-bond acceptors (Lipinski definition) is 3. The van der Waals surface area contributed by atoms with Crippen molar-refractivity contribution in [2.24, 2.45) is 16.5 Å². The molecule has 0 fully saturated rings. The molecule has 0 spiro atoms. The third-order valence-electron chi connectivity index (χ3n) is 8.90. The van der Waals surface area contributed by atoms with Crippen molar-refractivity contribution in [3.05, 3.63) is 0 Å². The Morgan fingerprint density at radius 1 is 0.465 bits per heavy atom. The first-order valence-corrected chi connectivity index (χ1v) is 19.4. The Morgan fingerprint density at radius 2 is 0.744 bits per heavy atom. The van der Waals surface area contributed by atoms with E-state index in [9.17, 15) is 4.79 Å². The van der Waals surface area contributed by atoms with Crippen LogP contribution in [0, 0.1) is 0 Å². The summed E-state index contributed by atoms with van der Waals surface area (Å²) >= 11 is 0. The van der Waals surface area contributed by atoms with E-state index in [1.165, 1.54) is 173 Å². The third-order valence-corrected chi connectivity index (χ3v) is 8.90. The van der Waals surface area contributed by atoms with Crippen LogP contribution in [0.25, 0.3) is 0 Å². The number of nitrogens with zero attached hydrogens (tertiary/aromatic N) is 1. The molecular formula is C38H77N3O2. The van der Waals surface area contributed by atoms with Crippen LogP contribution < -0.4 is 11.5 Å². The van der Waals surface area contributed by atoms with E-state index in [0.717, 1.165) is 25.7 Å². The predicted octanol–water partition coefficient (Wildman–Crippen LogP) is 11.7. The SMILES string of the molecule is CCCCCCCCCCCCCCCCCCOC(=O)C(CCCCCCCCCCCCCCCCC)N=C(N)N. The zero-order valence-corrected chi connectivity index (χ0v) is 29.3. The zero-order valence-electron chi connectivity index (χ0n) is 29.3. The molecule has 0 aliphatic rings. The summed E-state index contributed by atoms with van der Waals surface area (Å²) in [6.45, 7) is 5.04. The van der Waals surface area contributed by atoms with Gasteiger partial charge in [-0.1, -0.05) is 206 Å². The molecule has 256 valence electrons. The van der Waals surface area contributed by atoms with Crippen LogP contribution in [0.2, 0.25) is 0 Å². The Hall–Kier alpha value is -1.26. The van der Waals surface area contributed by atoms with Crippen LogP contribution in [0.1, 0.15) is 219 Å². The van der Waals surface area contributed by atoms with Crippen LogP contribution in [0.3, 0.4) is 0 Å². The van der Waals surface area contributed by atoms with Crippen LogP contribution in [-0.2, 0) is 9.53 Å². The van der Waals surface area contributed by atoms with Crippen molar-refractivity contribution < 1.29 is 9.53 Å². The first-order valence-electron chi connectivity index (χ1n) is 19.4. The van der Waals surface area contributed by atoms with Gasteiger partial charge in [-0.3, -0.25) is 0 Å². The lowest BCUT2D eigenvalue weighted by atomic mass is 10.0. The smallest absolute Gasteiger partial charge is 0.331 e. The highest BCUT2D eigenvalue weighted by Crippen LogP contribution is 2.16. The Balaban J connectivity index is 3.61. The molecule has 0 radical (unpaired) electrons. The second kappa shape index (κ2) is 35.2. The van der Waals surface area contributed by atoms with Gasteiger partial charge in [0, 0.05) is 0 Å². The molecule has 0 aliphatic heterocycles. The van der Waals surface area contributed by atoms with E-state index in [2.05, 4.69) is 18.8 Å². The second-order valence-electron chi connectivity index (χ2n) is 13.3. The van der Waals surface area contributed by atoms with E-state index >= 15 is 0 Å². The lowest BCUT2D eigenvalue weighted by Gasteiger charge is -2.13. The average Bonchev–Trinajstić information content (AvgIpc) is 2.99. The summed E-state index contributed by atoms with van der Waals surface area (Å²) in [5.41, 5.74) is 11.2. The third kappa shape index (κ3) is 33.5. The summed E-state index contributed by atoms with van der Waals surface area (Å²) in [6.07, 6.45) is 42.0. The minimum Gasteiger partial charge on any atom is -0.464 e. The van der Waals surface area contributed by atoms with Crippen LogP contribution in [0.5, 0.6) is 0 Å². The van der Waals surface area contributed by atoms with E-state index in [0.29, 0.717) is 13.0 Å². The molecule has 0 aromatic rings. The highest BCUT2D eigenvalue weighted by Gasteiger charge is 2.19. The fraction of sp³-hybridized carbons (Fsp3) is 0.947. The fourth-order valence-corrected chi connectivity index (χ4v) is 6.04. The number of aliphatic imine (C=N–C) groups is 1. The number of carbonyl (C=O) groups excluding carboxylic acids is 1. The minimum absolute atomic E-state index is 0.0229. The molecule has 0 bridgehead atoms. The fourth-order valence-electron chi connectivity index (χ4n) is 6.04. The summed E-state index contributed by atoms with van der Waals surface area (Å²) < 4.78 is 5.54. The predicted molar refractivity (Wildman–Crippen MR) is 190 cm³/mol. The molecule has 0 amide bonds. The molecule has 1 atom stereocenters. The van der Waals surface area contributed by atoms with Gasteiger partial charge < -0.3 is 16.2 Å². The summed E-state index contributed by atoms with van der Waals surface area (Å²) in [7, 11) is 0. The van der Waals surface area contributed by atoms with Crippen molar-refractivity contribution >= 4 is 11.9 Å². The number of ether oxygens (including phenoxy) is 1. The molecule has 5 nitrogen and oxygen atoms in total. The molecule has 1 unspecified atom stereocenters. The van der Waals surface area contributed by atoms with Gasteiger partial charge in [-0.15, -0.1) is 0 Å². The van der Waals surface area contributed by atoms with Crippen LogP contribution in [-0.4, -0.2) is 24.6 Å². The van der Waals surface area contributed by atoms with Gasteiger partial charge in [-0.25, -0.2) is 9.79 Å². The topological polar surface area (TPSA) is 90.7 Å². The van der Waals surface area contributed by atoms with Crippen molar-refractivity contribution in [3.63, 3.8) is 0 Å². The zero-order chi connectivity index (χ0) is 31.5. The first-order chi connectivity index (χ1) is 21.1. The minimum atomic E-state index is -0.548. The Bertz CT molecular complexity index is 592. The van der Waals surface area contributed by atoms with Crippen molar-refractivity contribution in [3.8, 4) is 0 Å². The molecular weight excluding hydrogens is 530 g/mol. The van der Waals surface area contributed by atoms with Gasteiger partial charge >= 0.3 is 5.97 Å². The van der Waals surface area contributed by atoms with Gasteiger partial charge in [0.25, 0.3) is 0 Å². The van der Waals surface area contributed by atoms with Crippen molar-refractivity contribution in [2.75, 3.05) is 6.61 Å². The van der Waals surface area contributed by atoms with Gasteiger partial charge in [0.05, 0.1) is 6.61 Å². The molecule has 0 aliphatic carbocycles. The standard InChI is InChI=1S/C38H77N3O2/c1-3-5-7-9-11-13-15-17-19-21-23-25-27-29-31-33-35-43-37(42)36(41-38(39)40)34-32-30-28-26-24-22-20-18-16-14-12-10-8-6-4-2/h36H,3-35H2,1-2H3,(H4,39,40,41). The number of hydrogen-bond donors (Lipinski definition) is 2. The van der Waals surface area contributed by atoms with Gasteiger partial charge in [-0.05, 0) is 12.8 Å². The van der Waals surface area contributed by atoms with Crippen LogP contribution in [0.15, 0.2) is 4.99 Å². The van der Waals surface area contributed by atoms with Crippen LogP contribution >= 0.6 is 0 Å². The van der Waals surface area contributed by atoms with E-state index in [4.69, 9.17) is 16.2 Å². The Morgan fingerprint density at radius 3 is 1.05 bits per heavy atom.